The molecule has 1 aliphatic rings. The van der Waals surface area contributed by atoms with Gasteiger partial charge in [0.15, 0.2) is 0 Å². The van der Waals surface area contributed by atoms with E-state index in [4.69, 9.17) is 0 Å². The third-order valence-corrected chi connectivity index (χ3v) is 5.41. The zero-order chi connectivity index (χ0) is 17.2. The highest BCUT2D eigenvalue weighted by Crippen LogP contribution is 2.29. The summed E-state index contributed by atoms with van der Waals surface area (Å²) < 4.78 is 1.42. The first-order chi connectivity index (χ1) is 11.5. The Morgan fingerprint density at radius 1 is 1.46 bits per heavy atom. The Labute approximate surface area is 145 Å². The van der Waals surface area contributed by atoms with Crippen molar-refractivity contribution >= 4 is 23.6 Å². The molecule has 1 aromatic carbocycles. The Kier molecular flexibility index (Phi) is 4.62. The van der Waals surface area contributed by atoms with Gasteiger partial charge in [-0.05, 0) is 25.5 Å². The third kappa shape index (κ3) is 3.46. The van der Waals surface area contributed by atoms with Gasteiger partial charge in [-0.1, -0.05) is 18.2 Å². The van der Waals surface area contributed by atoms with Crippen LogP contribution in [-0.4, -0.2) is 37.9 Å². The fourth-order valence-corrected chi connectivity index (χ4v) is 3.50. The molecule has 2 heterocycles. The molecule has 1 fully saturated rings. The number of para-hydroxylation sites is 1. The molecular weight excluding hydrogens is 324 g/mol. The molecule has 0 bridgehead atoms. The molecule has 1 aromatic heterocycles. The van der Waals surface area contributed by atoms with Crippen LogP contribution in [0.15, 0.2) is 43.0 Å². The molecule has 0 aliphatic carbocycles. The van der Waals surface area contributed by atoms with Crippen molar-refractivity contribution < 1.29 is 9.59 Å². The van der Waals surface area contributed by atoms with E-state index in [1.165, 1.54) is 11.8 Å². The lowest BCUT2D eigenvalue weighted by Crippen LogP contribution is -2.57. The summed E-state index contributed by atoms with van der Waals surface area (Å²) >= 11 is 1.50. The average Bonchev–Trinajstić information content (AvgIpc) is 3.10. The molecule has 24 heavy (non-hydrogen) atoms. The van der Waals surface area contributed by atoms with Crippen LogP contribution in [-0.2, 0) is 16.1 Å². The summed E-state index contributed by atoms with van der Waals surface area (Å²) in [5.41, 5.74) is 1.96. The van der Waals surface area contributed by atoms with E-state index in [2.05, 4.69) is 15.6 Å². The van der Waals surface area contributed by atoms with Crippen molar-refractivity contribution in [2.75, 3.05) is 5.75 Å². The molecule has 0 unspecified atom stereocenters. The number of nitrogens with one attached hydrogen (secondary N) is 2. The van der Waals surface area contributed by atoms with Crippen LogP contribution in [0.5, 0.6) is 0 Å². The van der Waals surface area contributed by atoms with E-state index < -0.39 is 10.8 Å². The number of amides is 2. The molecule has 0 spiro atoms. The molecule has 1 aliphatic heterocycles. The molecule has 1 atom stereocenters. The Morgan fingerprint density at radius 2 is 2.25 bits per heavy atom. The van der Waals surface area contributed by atoms with Crippen molar-refractivity contribution in [3.63, 3.8) is 0 Å². The van der Waals surface area contributed by atoms with Gasteiger partial charge < -0.3 is 15.2 Å². The molecule has 1 saturated heterocycles. The smallest absolute Gasteiger partial charge is 0.243 e. The Balaban J connectivity index is 1.65. The van der Waals surface area contributed by atoms with Crippen LogP contribution in [0, 0.1) is 0 Å². The maximum atomic E-state index is 12.4. The number of carbonyl (C=O) groups excluding carboxylic acids is 2. The monoisotopic (exact) mass is 344 g/mol. The van der Waals surface area contributed by atoms with Gasteiger partial charge in [-0.25, -0.2) is 4.98 Å². The molecule has 6 nitrogen and oxygen atoms in total. The molecular formula is C17H20N4O2S. The van der Waals surface area contributed by atoms with Gasteiger partial charge in [-0.2, -0.15) is 0 Å². The van der Waals surface area contributed by atoms with Crippen LogP contribution in [0.4, 0.5) is 0 Å². The van der Waals surface area contributed by atoms with Gasteiger partial charge in [0.2, 0.25) is 11.8 Å². The number of aromatic nitrogens is 2. The van der Waals surface area contributed by atoms with E-state index in [-0.39, 0.29) is 11.8 Å². The number of benzene rings is 1. The van der Waals surface area contributed by atoms with Crippen LogP contribution in [0.1, 0.15) is 19.4 Å². The minimum absolute atomic E-state index is 0.0993. The van der Waals surface area contributed by atoms with Crippen molar-refractivity contribution in [2.45, 2.75) is 31.2 Å². The highest BCUT2D eigenvalue weighted by molar-refractivity contribution is 8.01. The lowest BCUT2D eigenvalue weighted by molar-refractivity contribution is -0.129. The lowest BCUT2D eigenvalue weighted by atomic mass is 10.1. The van der Waals surface area contributed by atoms with Crippen molar-refractivity contribution in [1.82, 2.24) is 20.2 Å². The van der Waals surface area contributed by atoms with E-state index in [9.17, 15) is 9.59 Å². The third-order valence-electron chi connectivity index (χ3n) is 4.01. The van der Waals surface area contributed by atoms with Crippen LogP contribution in [0.25, 0.3) is 5.69 Å². The quantitative estimate of drug-likeness (QED) is 0.881. The predicted molar refractivity (Wildman–Crippen MR) is 93.9 cm³/mol. The zero-order valence-corrected chi connectivity index (χ0v) is 14.5. The van der Waals surface area contributed by atoms with Gasteiger partial charge in [0.05, 0.1) is 16.8 Å². The molecule has 126 valence electrons. The second kappa shape index (κ2) is 6.68. The topological polar surface area (TPSA) is 76.0 Å². The summed E-state index contributed by atoms with van der Waals surface area (Å²) in [7, 11) is 0. The Hall–Kier alpha value is -2.28. The molecule has 2 N–H and O–H groups in total. The van der Waals surface area contributed by atoms with Gasteiger partial charge in [-0.3, -0.25) is 9.59 Å². The van der Waals surface area contributed by atoms with Crippen LogP contribution >= 0.6 is 11.8 Å². The number of carbonyl (C=O) groups is 2. The molecule has 0 saturated carbocycles. The summed E-state index contributed by atoms with van der Waals surface area (Å²) in [6.07, 6.45) is 5.30. The summed E-state index contributed by atoms with van der Waals surface area (Å²) in [6.45, 7) is 4.12. The van der Waals surface area contributed by atoms with E-state index in [1.54, 1.807) is 12.5 Å². The number of rotatable bonds is 4. The Morgan fingerprint density at radius 3 is 2.96 bits per heavy atom. The molecule has 7 heteroatoms. The number of thioether (sulfide) groups is 1. The summed E-state index contributed by atoms with van der Waals surface area (Å²) in [5, 5.41) is 5.72. The van der Waals surface area contributed by atoms with Crippen molar-refractivity contribution in [2.24, 2.45) is 0 Å². The van der Waals surface area contributed by atoms with Gasteiger partial charge in [-0.15, -0.1) is 11.8 Å². The normalized spacial score (nSPS) is 19.6. The second-order valence-corrected chi connectivity index (χ2v) is 7.81. The number of nitrogens with zero attached hydrogens (tertiary/aromatic N) is 2. The standard InChI is InChI=1S/C17H20N4O2S/c1-17(2)16(23)20-13(10-24-17)15(22)19-9-12-5-3-4-6-14(12)21-8-7-18-11-21/h3-8,11,13H,9-10H2,1-2H3,(H,19,22)(H,20,23)/t13-/m0/s1. The fourth-order valence-electron chi connectivity index (χ4n) is 2.49. The van der Waals surface area contributed by atoms with Crippen molar-refractivity contribution in [3.8, 4) is 5.69 Å². The molecule has 0 radical (unpaired) electrons. The van der Waals surface area contributed by atoms with Gasteiger partial charge in [0.25, 0.3) is 0 Å². The van der Waals surface area contributed by atoms with E-state index >= 15 is 0 Å². The summed E-state index contributed by atoms with van der Waals surface area (Å²) in [6, 6.07) is 7.33. The highest BCUT2D eigenvalue weighted by atomic mass is 32.2. The van der Waals surface area contributed by atoms with Crippen molar-refractivity contribution in [1.29, 1.82) is 0 Å². The second-order valence-electron chi connectivity index (χ2n) is 6.16. The SMILES string of the molecule is CC1(C)SC[C@@H](C(=O)NCc2ccccc2-n2ccnc2)NC1=O. The first kappa shape index (κ1) is 16.6. The summed E-state index contributed by atoms with van der Waals surface area (Å²) in [4.78, 5) is 28.4. The maximum absolute atomic E-state index is 12.4. The fraction of sp³-hybridized carbons (Fsp3) is 0.353. The average molecular weight is 344 g/mol. The van der Waals surface area contributed by atoms with E-state index in [0.717, 1.165) is 11.3 Å². The molecule has 2 aromatic rings. The lowest BCUT2D eigenvalue weighted by Gasteiger charge is -2.32. The minimum atomic E-state index is -0.490. The number of hydrogen-bond donors (Lipinski definition) is 2. The molecule has 3 rings (SSSR count). The van der Waals surface area contributed by atoms with Gasteiger partial charge >= 0.3 is 0 Å². The minimum Gasteiger partial charge on any atom is -0.350 e. The largest absolute Gasteiger partial charge is 0.350 e. The van der Waals surface area contributed by atoms with Crippen LogP contribution < -0.4 is 10.6 Å². The highest BCUT2D eigenvalue weighted by Gasteiger charge is 2.37. The van der Waals surface area contributed by atoms with Crippen molar-refractivity contribution in [3.05, 3.63) is 48.5 Å². The number of hydrogen-bond acceptors (Lipinski definition) is 4. The first-order valence-electron chi connectivity index (χ1n) is 7.76. The number of imidazole rings is 1. The first-order valence-corrected chi connectivity index (χ1v) is 8.75. The van der Waals surface area contributed by atoms with Gasteiger partial charge in [0, 0.05) is 24.7 Å². The summed E-state index contributed by atoms with van der Waals surface area (Å²) in [5.74, 6) is 0.317. The zero-order valence-electron chi connectivity index (χ0n) is 13.7. The Bertz CT molecular complexity index is 743. The van der Waals surface area contributed by atoms with E-state index in [1.807, 2.05) is 48.9 Å². The van der Waals surface area contributed by atoms with Crippen LogP contribution in [0.3, 0.4) is 0 Å². The predicted octanol–water partition coefficient (Wildman–Crippen LogP) is 1.50. The van der Waals surface area contributed by atoms with E-state index in [0.29, 0.717) is 12.3 Å². The maximum Gasteiger partial charge on any atom is 0.243 e. The van der Waals surface area contributed by atoms with Crippen LogP contribution in [0.2, 0.25) is 0 Å². The molecule has 2 amide bonds. The van der Waals surface area contributed by atoms with Gasteiger partial charge in [0.1, 0.15) is 6.04 Å².